The van der Waals surface area contributed by atoms with Crippen LogP contribution in [-0.4, -0.2) is 29.7 Å². The van der Waals surface area contributed by atoms with Crippen LogP contribution in [0.1, 0.15) is 5.82 Å². The Balaban J connectivity index is 1.98. The van der Waals surface area contributed by atoms with Gasteiger partial charge in [0.05, 0.1) is 17.6 Å². The van der Waals surface area contributed by atoms with Crippen molar-refractivity contribution in [3.8, 4) is 22.6 Å². The molecule has 4 aromatic rings. The van der Waals surface area contributed by atoms with Crippen LogP contribution in [0.2, 0.25) is 0 Å². The fourth-order valence-corrected chi connectivity index (χ4v) is 2.63. The molecule has 4 aromatic heterocycles. The maximum atomic E-state index is 13.1. The molecule has 0 aliphatic rings. The van der Waals surface area contributed by atoms with Gasteiger partial charge in [-0.15, -0.1) is 0 Å². The van der Waals surface area contributed by atoms with Crippen LogP contribution >= 0.6 is 0 Å². The molecule has 114 valence electrons. The number of aryl methyl sites for hydroxylation is 2. The number of hydrogen-bond donors (Lipinski definition) is 1. The largest absolute Gasteiger partial charge is 0.346 e. The third-order valence-corrected chi connectivity index (χ3v) is 3.58. The fourth-order valence-electron chi connectivity index (χ4n) is 2.63. The standard InChI is InChI=1S/C16H13FN6/c1-9-20-14(11-5-6-18-16(11)21-9)12-8-23(2)22-15(12)13-4-3-10(17)7-19-13/h3-8H,1-2H3,(H,18,20,21). The number of nitrogens with zero attached hydrogens (tertiary/aromatic N) is 5. The maximum Gasteiger partial charge on any atom is 0.141 e. The van der Waals surface area contributed by atoms with Crippen molar-refractivity contribution in [1.82, 2.24) is 29.7 Å². The maximum absolute atomic E-state index is 13.1. The van der Waals surface area contributed by atoms with E-state index in [-0.39, 0.29) is 5.82 Å². The highest BCUT2D eigenvalue weighted by molar-refractivity contribution is 5.94. The summed E-state index contributed by atoms with van der Waals surface area (Å²) in [6.07, 6.45) is 4.90. The van der Waals surface area contributed by atoms with E-state index in [1.165, 1.54) is 12.3 Å². The van der Waals surface area contributed by atoms with Gasteiger partial charge in [-0.25, -0.2) is 14.4 Å². The first kappa shape index (κ1) is 13.6. The van der Waals surface area contributed by atoms with Gasteiger partial charge in [0.2, 0.25) is 0 Å². The Morgan fingerprint density at radius 1 is 1.13 bits per heavy atom. The monoisotopic (exact) mass is 308 g/mol. The number of H-pyrrole nitrogens is 1. The average molecular weight is 308 g/mol. The molecule has 23 heavy (non-hydrogen) atoms. The molecule has 0 aliphatic heterocycles. The minimum atomic E-state index is -0.378. The molecule has 4 heterocycles. The van der Waals surface area contributed by atoms with Crippen LogP contribution in [0.3, 0.4) is 0 Å². The Bertz CT molecular complexity index is 999. The van der Waals surface area contributed by atoms with Crippen molar-refractivity contribution < 1.29 is 4.39 Å². The van der Waals surface area contributed by atoms with Gasteiger partial charge < -0.3 is 4.98 Å². The molecule has 6 nitrogen and oxygen atoms in total. The zero-order chi connectivity index (χ0) is 16.0. The summed E-state index contributed by atoms with van der Waals surface area (Å²) >= 11 is 0. The molecule has 7 heteroatoms. The van der Waals surface area contributed by atoms with E-state index in [1.807, 2.05) is 32.4 Å². The second kappa shape index (κ2) is 4.98. The van der Waals surface area contributed by atoms with Crippen LogP contribution in [0.5, 0.6) is 0 Å². The predicted octanol–water partition coefficient (Wildman–Crippen LogP) is 2.87. The minimum Gasteiger partial charge on any atom is -0.346 e. The van der Waals surface area contributed by atoms with Gasteiger partial charge in [0, 0.05) is 30.4 Å². The van der Waals surface area contributed by atoms with Crippen molar-refractivity contribution in [2.75, 3.05) is 0 Å². The molecule has 0 unspecified atom stereocenters. The molecule has 0 atom stereocenters. The Kier molecular flexibility index (Phi) is 2.94. The third-order valence-electron chi connectivity index (χ3n) is 3.58. The average Bonchev–Trinajstić information content (AvgIpc) is 3.13. The summed E-state index contributed by atoms with van der Waals surface area (Å²) in [5.74, 6) is 0.286. The van der Waals surface area contributed by atoms with Crippen molar-refractivity contribution in [1.29, 1.82) is 0 Å². The number of hydrogen-bond acceptors (Lipinski definition) is 4. The molecular formula is C16H13FN6. The van der Waals surface area contributed by atoms with Crippen molar-refractivity contribution in [2.24, 2.45) is 7.05 Å². The van der Waals surface area contributed by atoms with Crippen molar-refractivity contribution >= 4 is 11.0 Å². The van der Waals surface area contributed by atoms with Gasteiger partial charge in [0.1, 0.15) is 23.0 Å². The van der Waals surface area contributed by atoms with E-state index in [9.17, 15) is 4.39 Å². The normalized spacial score (nSPS) is 11.3. The first-order valence-electron chi connectivity index (χ1n) is 7.09. The van der Waals surface area contributed by atoms with E-state index in [0.717, 1.165) is 22.3 Å². The lowest BCUT2D eigenvalue weighted by Gasteiger charge is -2.04. The van der Waals surface area contributed by atoms with Crippen LogP contribution in [0.15, 0.2) is 36.8 Å². The van der Waals surface area contributed by atoms with Gasteiger partial charge >= 0.3 is 0 Å². The van der Waals surface area contributed by atoms with Crippen LogP contribution in [0, 0.1) is 12.7 Å². The Morgan fingerprint density at radius 2 is 2.00 bits per heavy atom. The number of rotatable bonds is 2. The molecule has 0 saturated carbocycles. The zero-order valence-electron chi connectivity index (χ0n) is 12.6. The summed E-state index contributed by atoms with van der Waals surface area (Å²) in [4.78, 5) is 16.2. The number of aromatic nitrogens is 6. The lowest BCUT2D eigenvalue weighted by molar-refractivity contribution is 0.621. The van der Waals surface area contributed by atoms with Crippen molar-refractivity contribution in [2.45, 2.75) is 6.92 Å². The van der Waals surface area contributed by atoms with E-state index in [2.05, 4.69) is 25.0 Å². The molecule has 0 saturated heterocycles. The summed E-state index contributed by atoms with van der Waals surface area (Å²) in [6, 6.07) is 4.92. The molecule has 0 aromatic carbocycles. The van der Waals surface area contributed by atoms with Crippen LogP contribution < -0.4 is 0 Å². The first-order valence-corrected chi connectivity index (χ1v) is 7.09. The number of fused-ring (bicyclic) bond motifs is 1. The predicted molar refractivity (Wildman–Crippen MR) is 84.0 cm³/mol. The number of pyridine rings is 1. The molecule has 0 spiro atoms. The molecule has 4 rings (SSSR count). The number of nitrogens with one attached hydrogen (secondary N) is 1. The molecule has 0 bridgehead atoms. The van der Waals surface area contributed by atoms with Gasteiger partial charge in [-0.05, 0) is 25.1 Å². The number of aromatic amines is 1. The smallest absolute Gasteiger partial charge is 0.141 e. The topological polar surface area (TPSA) is 72.3 Å². The van der Waals surface area contributed by atoms with Crippen LogP contribution in [0.4, 0.5) is 4.39 Å². The number of halogens is 1. The molecule has 0 amide bonds. The van der Waals surface area contributed by atoms with Gasteiger partial charge in [-0.1, -0.05) is 0 Å². The molecular weight excluding hydrogens is 295 g/mol. The summed E-state index contributed by atoms with van der Waals surface area (Å²) in [5.41, 5.74) is 3.65. The van der Waals surface area contributed by atoms with E-state index in [0.29, 0.717) is 17.2 Å². The summed E-state index contributed by atoms with van der Waals surface area (Å²) in [5, 5.41) is 5.38. The van der Waals surface area contributed by atoms with E-state index < -0.39 is 0 Å². The second-order valence-electron chi connectivity index (χ2n) is 5.29. The van der Waals surface area contributed by atoms with Crippen molar-refractivity contribution in [3.63, 3.8) is 0 Å². The highest BCUT2D eigenvalue weighted by Crippen LogP contribution is 2.32. The lowest BCUT2D eigenvalue weighted by atomic mass is 10.1. The van der Waals surface area contributed by atoms with Gasteiger partial charge in [-0.3, -0.25) is 9.67 Å². The molecule has 0 fully saturated rings. The third kappa shape index (κ3) is 2.26. The summed E-state index contributed by atoms with van der Waals surface area (Å²) in [7, 11) is 1.83. The fraction of sp³-hybridized carbons (Fsp3) is 0.125. The lowest BCUT2D eigenvalue weighted by Crippen LogP contribution is -1.94. The first-order chi connectivity index (χ1) is 11.1. The van der Waals surface area contributed by atoms with Crippen molar-refractivity contribution in [3.05, 3.63) is 48.4 Å². The minimum absolute atomic E-state index is 0.378. The zero-order valence-corrected chi connectivity index (χ0v) is 12.6. The molecule has 0 radical (unpaired) electrons. The summed E-state index contributed by atoms with van der Waals surface area (Å²) in [6.45, 7) is 1.84. The Morgan fingerprint density at radius 3 is 2.78 bits per heavy atom. The molecule has 1 N–H and O–H groups in total. The molecule has 0 aliphatic carbocycles. The van der Waals surface area contributed by atoms with Gasteiger partial charge in [0.15, 0.2) is 0 Å². The van der Waals surface area contributed by atoms with Crippen LogP contribution in [0.25, 0.3) is 33.7 Å². The summed E-state index contributed by atoms with van der Waals surface area (Å²) < 4.78 is 14.8. The SMILES string of the molecule is Cc1nc(-c2cn(C)nc2-c2ccc(F)cn2)c2cc[nH]c2n1. The second-order valence-corrected chi connectivity index (χ2v) is 5.29. The van der Waals surface area contributed by atoms with E-state index >= 15 is 0 Å². The van der Waals surface area contributed by atoms with E-state index in [1.54, 1.807) is 10.7 Å². The quantitative estimate of drug-likeness (QED) is 0.618. The highest BCUT2D eigenvalue weighted by Gasteiger charge is 2.18. The van der Waals surface area contributed by atoms with E-state index in [4.69, 9.17) is 0 Å². The highest BCUT2D eigenvalue weighted by atomic mass is 19.1. The Hall–Kier alpha value is -3.09. The van der Waals surface area contributed by atoms with Gasteiger partial charge in [0.25, 0.3) is 0 Å². The van der Waals surface area contributed by atoms with Crippen LogP contribution in [-0.2, 0) is 7.05 Å². The Labute approximate surface area is 131 Å². The van der Waals surface area contributed by atoms with Gasteiger partial charge in [-0.2, -0.15) is 5.10 Å².